The standard InChI is InChI=1S/C12H15FO3/c1-7(2)16-11-9(13)6-5-8(3)10(11)12(14)15-4/h5-7H,1-4H3. The molecule has 0 bridgehead atoms. The monoisotopic (exact) mass is 226 g/mol. The molecule has 0 radical (unpaired) electrons. The lowest BCUT2D eigenvalue weighted by molar-refractivity contribution is 0.0592. The summed E-state index contributed by atoms with van der Waals surface area (Å²) in [6, 6.07) is 2.80. The van der Waals surface area contributed by atoms with Crippen LogP contribution in [0.25, 0.3) is 0 Å². The SMILES string of the molecule is COC(=O)c1c(C)ccc(F)c1OC(C)C. The van der Waals surface area contributed by atoms with Gasteiger partial charge in [-0.25, -0.2) is 9.18 Å². The van der Waals surface area contributed by atoms with Crippen LogP contribution < -0.4 is 4.74 Å². The number of carbonyl (C=O) groups excluding carboxylic acids is 1. The highest BCUT2D eigenvalue weighted by Gasteiger charge is 2.20. The molecule has 0 amide bonds. The van der Waals surface area contributed by atoms with E-state index >= 15 is 0 Å². The molecule has 0 N–H and O–H groups in total. The minimum Gasteiger partial charge on any atom is -0.487 e. The van der Waals surface area contributed by atoms with Crippen LogP contribution in [0.1, 0.15) is 29.8 Å². The van der Waals surface area contributed by atoms with E-state index in [4.69, 9.17) is 4.74 Å². The van der Waals surface area contributed by atoms with Gasteiger partial charge < -0.3 is 9.47 Å². The maximum absolute atomic E-state index is 13.6. The largest absolute Gasteiger partial charge is 0.487 e. The first-order chi connectivity index (χ1) is 7.47. The third-order valence-corrected chi connectivity index (χ3v) is 2.06. The lowest BCUT2D eigenvalue weighted by atomic mass is 10.1. The number of hydrogen-bond acceptors (Lipinski definition) is 3. The van der Waals surface area contributed by atoms with E-state index in [0.29, 0.717) is 5.56 Å². The Bertz CT molecular complexity index is 399. The quantitative estimate of drug-likeness (QED) is 0.743. The fraction of sp³-hybridized carbons (Fsp3) is 0.417. The number of ether oxygens (including phenoxy) is 2. The minimum absolute atomic E-state index is 0.0400. The molecule has 1 rings (SSSR count). The van der Waals surface area contributed by atoms with Crippen LogP contribution in [0.15, 0.2) is 12.1 Å². The maximum Gasteiger partial charge on any atom is 0.342 e. The fourth-order valence-electron chi connectivity index (χ4n) is 1.36. The Kier molecular flexibility index (Phi) is 3.88. The number of esters is 1. The summed E-state index contributed by atoms with van der Waals surface area (Å²) in [4.78, 5) is 11.5. The van der Waals surface area contributed by atoms with Gasteiger partial charge in [0.05, 0.1) is 13.2 Å². The van der Waals surface area contributed by atoms with Crippen molar-refractivity contribution in [3.63, 3.8) is 0 Å². The van der Waals surface area contributed by atoms with Gasteiger partial charge in [-0.2, -0.15) is 0 Å². The second-order valence-electron chi connectivity index (χ2n) is 3.73. The van der Waals surface area contributed by atoms with Crippen molar-refractivity contribution in [1.82, 2.24) is 0 Å². The Morgan fingerprint density at radius 2 is 2.00 bits per heavy atom. The van der Waals surface area contributed by atoms with E-state index in [0.717, 1.165) is 0 Å². The molecule has 0 aliphatic carbocycles. The summed E-state index contributed by atoms with van der Waals surface area (Å²) in [5, 5.41) is 0. The number of rotatable bonds is 3. The number of carbonyl (C=O) groups is 1. The van der Waals surface area contributed by atoms with Crippen LogP contribution in [0.3, 0.4) is 0 Å². The first-order valence-electron chi connectivity index (χ1n) is 5.01. The predicted molar refractivity (Wildman–Crippen MR) is 58.2 cm³/mol. The molecule has 88 valence electrons. The molecule has 0 unspecified atom stereocenters. The van der Waals surface area contributed by atoms with E-state index in [1.807, 2.05) is 0 Å². The molecule has 0 aromatic heterocycles. The second kappa shape index (κ2) is 4.96. The van der Waals surface area contributed by atoms with Crippen LogP contribution in [-0.2, 0) is 4.74 Å². The van der Waals surface area contributed by atoms with Crippen molar-refractivity contribution in [2.24, 2.45) is 0 Å². The third kappa shape index (κ3) is 2.51. The summed E-state index contributed by atoms with van der Waals surface area (Å²) < 4.78 is 23.5. The molecule has 0 saturated carbocycles. The van der Waals surface area contributed by atoms with E-state index in [2.05, 4.69) is 4.74 Å². The zero-order valence-electron chi connectivity index (χ0n) is 9.83. The highest BCUT2D eigenvalue weighted by atomic mass is 19.1. The van der Waals surface area contributed by atoms with E-state index in [1.165, 1.54) is 19.2 Å². The Morgan fingerprint density at radius 1 is 1.38 bits per heavy atom. The molecular weight excluding hydrogens is 211 g/mol. The molecule has 0 fully saturated rings. The fourth-order valence-corrected chi connectivity index (χ4v) is 1.36. The summed E-state index contributed by atoms with van der Waals surface area (Å²) in [7, 11) is 1.26. The Balaban J connectivity index is 3.31. The molecule has 3 nitrogen and oxygen atoms in total. The van der Waals surface area contributed by atoms with Gasteiger partial charge in [0.15, 0.2) is 11.6 Å². The molecule has 16 heavy (non-hydrogen) atoms. The molecule has 0 saturated heterocycles. The van der Waals surface area contributed by atoms with Crippen LogP contribution in [0, 0.1) is 12.7 Å². The highest BCUT2D eigenvalue weighted by Crippen LogP contribution is 2.27. The summed E-state index contributed by atoms with van der Waals surface area (Å²) in [5.41, 5.74) is 0.778. The second-order valence-corrected chi connectivity index (χ2v) is 3.73. The van der Waals surface area contributed by atoms with Gasteiger partial charge in [0.2, 0.25) is 0 Å². The van der Waals surface area contributed by atoms with Crippen molar-refractivity contribution in [2.75, 3.05) is 7.11 Å². The van der Waals surface area contributed by atoms with Gasteiger partial charge in [-0.3, -0.25) is 0 Å². The van der Waals surface area contributed by atoms with Crippen molar-refractivity contribution < 1.29 is 18.7 Å². The lowest BCUT2D eigenvalue weighted by Crippen LogP contribution is -2.13. The Morgan fingerprint density at radius 3 is 2.50 bits per heavy atom. The van der Waals surface area contributed by atoms with Crippen molar-refractivity contribution in [3.05, 3.63) is 29.1 Å². The van der Waals surface area contributed by atoms with Crippen molar-refractivity contribution in [1.29, 1.82) is 0 Å². The van der Waals surface area contributed by atoms with E-state index in [-0.39, 0.29) is 17.4 Å². The number of halogens is 1. The van der Waals surface area contributed by atoms with Crippen LogP contribution in [0.2, 0.25) is 0 Å². The number of methoxy groups -OCH3 is 1. The molecular formula is C12H15FO3. The molecule has 0 aliphatic rings. The van der Waals surface area contributed by atoms with Gasteiger partial charge in [-0.1, -0.05) is 6.07 Å². The summed E-state index contributed by atoms with van der Waals surface area (Å²) in [6.45, 7) is 5.24. The van der Waals surface area contributed by atoms with E-state index in [9.17, 15) is 9.18 Å². The first kappa shape index (κ1) is 12.5. The van der Waals surface area contributed by atoms with Gasteiger partial charge in [0, 0.05) is 0 Å². The van der Waals surface area contributed by atoms with Crippen molar-refractivity contribution >= 4 is 5.97 Å². The normalized spacial score (nSPS) is 10.4. The lowest BCUT2D eigenvalue weighted by Gasteiger charge is -2.15. The highest BCUT2D eigenvalue weighted by molar-refractivity contribution is 5.94. The van der Waals surface area contributed by atoms with Crippen LogP contribution in [0.5, 0.6) is 5.75 Å². The topological polar surface area (TPSA) is 35.5 Å². The number of benzene rings is 1. The Labute approximate surface area is 94.2 Å². The summed E-state index contributed by atoms with van der Waals surface area (Å²) in [5.74, 6) is -1.19. The molecule has 4 heteroatoms. The average molecular weight is 226 g/mol. The van der Waals surface area contributed by atoms with Gasteiger partial charge in [-0.05, 0) is 32.4 Å². The molecule has 0 heterocycles. The average Bonchev–Trinajstić information content (AvgIpc) is 2.22. The maximum atomic E-state index is 13.6. The van der Waals surface area contributed by atoms with Crippen LogP contribution in [0.4, 0.5) is 4.39 Å². The summed E-state index contributed by atoms with van der Waals surface area (Å²) >= 11 is 0. The first-order valence-corrected chi connectivity index (χ1v) is 5.01. The zero-order chi connectivity index (χ0) is 12.3. The molecule has 0 aliphatic heterocycles. The van der Waals surface area contributed by atoms with Crippen molar-refractivity contribution in [2.45, 2.75) is 26.9 Å². The van der Waals surface area contributed by atoms with Gasteiger partial charge in [0.1, 0.15) is 5.56 Å². The minimum atomic E-state index is -0.590. The van der Waals surface area contributed by atoms with Gasteiger partial charge >= 0.3 is 5.97 Å². The number of hydrogen-bond donors (Lipinski definition) is 0. The predicted octanol–water partition coefficient (Wildman–Crippen LogP) is 2.71. The number of aryl methyl sites for hydroxylation is 1. The third-order valence-electron chi connectivity index (χ3n) is 2.06. The van der Waals surface area contributed by atoms with E-state index < -0.39 is 11.8 Å². The molecule has 1 aromatic carbocycles. The molecule has 0 atom stereocenters. The van der Waals surface area contributed by atoms with Crippen molar-refractivity contribution in [3.8, 4) is 5.75 Å². The van der Waals surface area contributed by atoms with Crippen LogP contribution in [-0.4, -0.2) is 19.2 Å². The van der Waals surface area contributed by atoms with Crippen LogP contribution >= 0.6 is 0 Å². The zero-order valence-corrected chi connectivity index (χ0v) is 9.83. The smallest absolute Gasteiger partial charge is 0.342 e. The van der Waals surface area contributed by atoms with Gasteiger partial charge in [-0.15, -0.1) is 0 Å². The van der Waals surface area contributed by atoms with E-state index in [1.54, 1.807) is 20.8 Å². The Hall–Kier alpha value is -1.58. The van der Waals surface area contributed by atoms with Gasteiger partial charge in [0.25, 0.3) is 0 Å². The molecule has 0 spiro atoms. The molecule has 1 aromatic rings. The summed E-state index contributed by atoms with van der Waals surface area (Å²) in [6.07, 6.45) is -0.209.